The van der Waals surface area contributed by atoms with Gasteiger partial charge in [-0.3, -0.25) is 9.78 Å². The van der Waals surface area contributed by atoms with Gasteiger partial charge < -0.3 is 9.47 Å². The number of fused-ring (bicyclic) bond motifs is 1. The third-order valence-electron chi connectivity index (χ3n) is 4.48. The zero-order valence-corrected chi connectivity index (χ0v) is 13.0. The average Bonchev–Trinajstić information content (AvgIpc) is 3.14. The fraction of sp³-hybridized carbons (Fsp3) is 0.278. The SMILES string of the molecule is CN1CC(Cn2ccnc2-c2ccnc3ccccc23)CC1=O. The minimum absolute atomic E-state index is 0.228. The highest BCUT2D eigenvalue weighted by atomic mass is 16.2. The van der Waals surface area contributed by atoms with Gasteiger partial charge in [-0.05, 0) is 12.1 Å². The van der Waals surface area contributed by atoms with E-state index in [0.29, 0.717) is 12.3 Å². The van der Waals surface area contributed by atoms with Gasteiger partial charge in [0.05, 0.1) is 5.52 Å². The first-order valence-electron chi connectivity index (χ1n) is 7.81. The molecule has 5 nitrogen and oxygen atoms in total. The van der Waals surface area contributed by atoms with E-state index in [4.69, 9.17) is 0 Å². The second kappa shape index (κ2) is 5.50. The van der Waals surface area contributed by atoms with Crippen LogP contribution < -0.4 is 0 Å². The summed E-state index contributed by atoms with van der Waals surface area (Å²) < 4.78 is 2.15. The molecule has 23 heavy (non-hydrogen) atoms. The molecule has 3 aromatic rings. The molecule has 0 spiro atoms. The van der Waals surface area contributed by atoms with Crippen molar-refractivity contribution in [1.29, 1.82) is 0 Å². The van der Waals surface area contributed by atoms with Crippen molar-refractivity contribution in [1.82, 2.24) is 19.4 Å². The number of nitrogens with zero attached hydrogens (tertiary/aromatic N) is 4. The van der Waals surface area contributed by atoms with Crippen LogP contribution in [-0.4, -0.2) is 38.9 Å². The van der Waals surface area contributed by atoms with E-state index in [1.165, 1.54) is 0 Å². The van der Waals surface area contributed by atoms with Crippen molar-refractivity contribution in [3.8, 4) is 11.4 Å². The summed E-state index contributed by atoms with van der Waals surface area (Å²) in [5.41, 5.74) is 2.05. The van der Waals surface area contributed by atoms with Crippen LogP contribution in [0.25, 0.3) is 22.3 Å². The molecule has 1 aliphatic rings. The second-order valence-corrected chi connectivity index (χ2v) is 6.12. The number of benzene rings is 1. The van der Waals surface area contributed by atoms with Crippen molar-refractivity contribution in [3.05, 3.63) is 48.9 Å². The minimum Gasteiger partial charge on any atom is -0.345 e. The van der Waals surface area contributed by atoms with Crippen LogP contribution in [0.3, 0.4) is 0 Å². The fourth-order valence-electron chi connectivity index (χ4n) is 3.35. The zero-order chi connectivity index (χ0) is 15.8. The number of pyridine rings is 1. The zero-order valence-electron chi connectivity index (χ0n) is 13.0. The minimum atomic E-state index is 0.228. The van der Waals surface area contributed by atoms with Gasteiger partial charge in [0.25, 0.3) is 0 Å². The Bertz CT molecular complexity index is 865. The van der Waals surface area contributed by atoms with Crippen LogP contribution in [0, 0.1) is 5.92 Å². The van der Waals surface area contributed by atoms with Crippen molar-refractivity contribution in [2.75, 3.05) is 13.6 Å². The van der Waals surface area contributed by atoms with Crippen LogP contribution >= 0.6 is 0 Å². The molecule has 0 radical (unpaired) electrons. The van der Waals surface area contributed by atoms with Gasteiger partial charge in [0.2, 0.25) is 5.91 Å². The molecule has 4 rings (SSSR count). The number of rotatable bonds is 3. The summed E-state index contributed by atoms with van der Waals surface area (Å²) in [5.74, 6) is 1.50. The molecule has 0 aliphatic carbocycles. The van der Waals surface area contributed by atoms with Gasteiger partial charge in [0, 0.05) is 62.0 Å². The van der Waals surface area contributed by atoms with E-state index >= 15 is 0 Å². The molecule has 0 N–H and O–H groups in total. The van der Waals surface area contributed by atoms with Crippen LogP contribution in [0.1, 0.15) is 6.42 Å². The second-order valence-electron chi connectivity index (χ2n) is 6.12. The molecule has 5 heteroatoms. The van der Waals surface area contributed by atoms with Crippen LogP contribution in [0.5, 0.6) is 0 Å². The molecular formula is C18H18N4O. The van der Waals surface area contributed by atoms with Gasteiger partial charge in [0.15, 0.2) is 0 Å². The largest absolute Gasteiger partial charge is 0.345 e. The lowest BCUT2D eigenvalue weighted by Gasteiger charge is -2.14. The molecule has 2 aromatic heterocycles. The van der Waals surface area contributed by atoms with Gasteiger partial charge >= 0.3 is 0 Å². The number of carbonyl (C=O) groups excluding carboxylic acids is 1. The van der Waals surface area contributed by atoms with E-state index in [9.17, 15) is 4.79 Å². The maximum atomic E-state index is 11.7. The first-order valence-corrected chi connectivity index (χ1v) is 7.81. The molecule has 1 saturated heterocycles. The molecule has 1 amide bonds. The predicted octanol–water partition coefficient (Wildman–Crippen LogP) is 2.58. The third kappa shape index (κ3) is 2.48. The quantitative estimate of drug-likeness (QED) is 0.747. The molecule has 0 bridgehead atoms. The normalized spacial score (nSPS) is 18.0. The summed E-state index contributed by atoms with van der Waals surface area (Å²) in [4.78, 5) is 22.5. The van der Waals surface area contributed by atoms with Crippen molar-refractivity contribution in [2.24, 2.45) is 5.92 Å². The summed E-state index contributed by atoms with van der Waals surface area (Å²) in [6.07, 6.45) is 6.26. The first-order chi connectivity index (χ1) is 11.2. The van der Waals surface area contributed by atoms with Crippen LogP contribution in [0.2, 0.25) is 0 Å². The standard InChI is InChI=1S/C18H18N4O/c1-21-11-13(10-17(21)23)12-22-9-8-20-18(22)15-6-7-19-16-5-3-2-4-14(15)16/h2-9,13H,10-12H2,1H3. The summed E-state index contributed by atoms with van der Waals surface area (Å²) in [6.45, 7) is 1.62. The Morgan fingerprint density at radius 2 is 2.04 bits per heavy atom. The Kier molecular flexibility index (Phi) is 3.33. The summed E-state index contributed by atoms with van der Waals surface area (Å²) in [7, 11) is 1.87. The highest BCUT2D eigenvalue weighted by Crippen LogP contribution is 2.27. The smallest absolute Gasteiger partial charge is 0.222 e. The van der Waals surface area contributed by atoms with Crippen LogP contribution in [0.15, 0.2) is 48.9 Å². The van der Waals surface area contributed by atoms with Crippen molar-refractivity contribution in [3.63, 3.8) is 0 Å². The predicted molar refractivity (Wildman–Crippen MR) is 88.7 cm³/mol. The lowest BCUT2D eigenvalue weighted by molar-refractivity contribution is -0.126. The van der Waals surface area contributed by atoms with E-state index in [1.807, 2.05) is 54.8 Å². The van der Waals surface area contributed by atoms with Crippen molar-refractivity contribution >= 4 is 16.8 Å². The van der Waals surface area contributed by atoms with Gasteiger partial charge in [-0.15, -0.1) is 0 Å². The first kappa shape index (κ1) is 13.9. The van der Waals surface area contributed by atoms with Gasteiger partial charge in [-0.2, -0.15) is 0 Å². The molecular weight excluding hydrogens is 288 g/mol. The van der Waals surface area contributed by atoms with E-state index in [0.717, 1.165) is 35.4 Å². The number of amides is 1. The molecule has 1 aliphatic heterocycles. The topological polar surface area (TPSA) is 51.0 Å². The van der Waals surface area contributed by atoms with Crippen LogP contribution in [-0.2, 0) is 11.3 Å². The van der Waals surface area contributed by atoms with Crippen LogP contribution in [0.4, 0.5) is 0 Å². The Hall–Kier alpha value is -2.69. The van der Waals surface area contributed by atoms with Crippen molar-refractivity contribution in [2.45, 2.75) is 13.0 Å². The number of likely N-dealkylation sites (tertiary alicyclic amines) is 1. The maximum Gasteiger partial charge on any atom is 0.222 e. The lowest BCUT2D eigenvalue weighted by atomic mass is 10.1. The van der Waals surface area contributed by atoms with E-state index in [1.54, 1.807) is 0 Å². The molecule has 1 fully saturated rings. The number of para-hydroxylation sites is 1. The number of carbonyl (C=O) groups is 1. The van der Waals surface area contributed by atoms with Gasteiger partial charge in [0.1, 0.15) is 5.82 Å². The Labute approximate surface area is 134 Å². The van der Waals surface area contributed by atoms with E-state index < -0.39 is 0 Å². The van der Waals surface area contributed by atoms with Gasteiger partial charge in [-0.25, -0.2) is 4.98 Å². The molecule has 1 aromatic carbocycles. The highest BCUT2D eigenvalue weighted by Gasteiger charge is 2.27. The fourth-order valence-corrected chi connectivity index (χ4v) is 3.35. The maximum absolute atomic E-state index is 11.7. The summed E-state index contributed by atoms with van der Waals surface area (Å²) in [6, 6.07) is 10.1. The average molecular weight is 306 g/mol. The lowest BCUT2D eigenvalue weighted by Crippen LogP contribution is -2.20. The molecule has 116 valence electrons. The summed E-state index contributed by atoms with van der Waals surface area (Å²) >= 11 is 0. The van der Waals surface area contributed by atoms with Crippen molar-refractivity contribution < 1.29 is 4.79 Å². The van der Waals surface area contributed by atoms with E-state index in [2.05, 4.69) is 20.6 Å². The number of aromatic nitrogens is 3. The van der Waals surface area contributed by atoms with E-state index in [-0.39, 0.29) is 5.91 Å². The molecule has 3 heterocycles. The number of imidazole rings is 1. The number of hydrogen-bond acceptors (Lipinski definition) is 3. The highest BCUT2D eigenvalue weighted by molar-refractivity contribution is 5.92. The molecule has 0 saturated carbocycles. The Morgan fingerprint density at radius 3 is 2.87 bits per heavy atom. The molecule has 1 unspecified atom stereocenters. The monoisotopic (exact) mass is 306 g/mol. The Morgan fingerprint density at radius 1 is 1.17 bits per heavy atom. The third-order valence-corrected chi connectivity index (χ3v) is 4.48. The molecule has 1 atom stereocenters. The number of hydrogen-bond donors (Lipinski definition) is 0. The Balaban J connectivity index is 1.71. The van der Waals surface area contributed by atoms with Gasteiger partial charge in [-0.1, -0.05) is 18.2 Å². The summed E-state index contributed by atoms with van der Waals surface area (Å²) in [5, 5.41) is 1.10.